The molecule has 0 saturated carbocycles. The van der Waals surface area contributed by atoms with Gasteiger partial charge in [-0.15, -0.1) is 0 Å². The van der Waals surface area contributed by atoms with Gasteiger partial charge in [-0.1, -0.05) is 11.6 Å². The number of methoxy groups -OCH3 is 1. The van der Waals surface area contributed by atoms with Crippen LogP contribution in [0.2, 0.25) is 5.02 Å². The summed E-state index contributed by atoms with van der Waals surface area (Å²) in [7, 11) is -2.85. The molecule has 0 aliphatic carbocycles. The predicted octanol–water partition coefficient (Wildman–Crippen LogP) is 1.79. The highest BCUT2D eigenvalue weighted by Gasteiger charge is 2.25. The number of alkyl halides is 1. The van der Waals surface area contributed by atoms with Crippen LogP contribution in [0.25, 0.3) is 0 Å². The van der Waals surface area contributed by atoms with Crippen LogP contribution in [0.3, 0.4) is 0 Å². The lowest BCUT2D eigenvalue weighted by Crippen LogP contribution is -2.12. The fourth-order valence-electron chi connectivity index (χ4n) is 1.38. The molecule has 1 aromatic rings. The van der Waals surface area contributed by atoms with Crippen molar-refractivity contribution < 1.29 is 27.4 Å². The maximum absolute atomic E-state index is 12.2. The first-order valence-corrected chi connectivity index (χ1v) is 6.76. The average Bonchev–Trinajstić information content (AvgIpc) is 2.27. The van der Waals surface area contributed by atoms with Crippen LogP contribution in [0.5, 0.6) is 5.75 Å². The molecule has 1 aromatic carbocycles. The van der Waals surface area contributed by atoms with E-state index >= 15 is 0 Å². The fourth-order valence-corrected chi connectivity index (χ4v) is 2.87. The fraction of sp³-hybridized carbons (Fsp3) is 0.300. The van der Waals surface area contributed by atoms with Crippen LogP contribution in [0.1, 0.15) is 10.4 Å². The maximum atomic E-state index is 12.2. The molecular weight excluding hydrogens is 287 g/mol. The number of halogens is 2. The molecule has 0 bridgehead atoms. The molecular formula is C10H10ClFO5S. The molecule has 18 heavy (non-hydrogen) atoms. The summed E-state index contributed by atoms with van der Waals surface area (Å²) >= 11 is 5.65. The summed E-state index contributed by atoms with van der Waals surface area (Å²) in [5.41, 5.74) is -0.387. The number of carboxylic acids is 1. The lowest BCUT2D eigenvalue weighted by Gasteiger charge is -2.11. The van der Waals surface area contributed by atoms with Crippen molar-refractivity contribution in [3.05, 3.63) is 22.7 Å². The molecule has 0 radical (unpaired) electrons. The van der Waals surface area contributed by atoms with E-state index in [4.69, 9.17) is 21.4 Å². The molecule has 1 rings (SSSR count). The number of sulfone groups is 1. The summed E-state index contributed by atoms with van der Waals surface area (Å²) in [6.07, 6.45) is 0. The molecule has 0 atom stereocenters. The zero-order chi connectivity index (χ0) is 13.9. The van der Waals surface area contributed by atoms with Crippen LogP contribution in [0, 0.1) is 0 Å². The second-order valence-electron chi connectivity index (χ2n) is 3.30. The quantitative estimate of drug-likeness (QED) is 0.896. The van der Waals surface area contributed by atoms with Gasteiger partial charge in [0.2, 0.25) is 0 Å². The number of ether oxygens (including phenoxy) is 1. The van der Waals surface area contributed by atoms with Crippen molar-refractivity contribution in [1.82, 2.24) is 0 Å². The second kappa shape index (κ2) is 5.53. The van der Waals surface area contributed by atoms with Crippen LogP contribution in [0.15, 0.2) is 17.0 Å². The largest absolute Gasteiger partial charge is 0.494 e. The van der Waals surface area contributed by atoms with E-state index in [2.05, 4.69) is 0 Å². The minimum absolute atomic E-state index is 0.0781. The van der Waals surface area contributed by atoms with Gasteiger partial charge < -0.3 is 9.84 Å². The van der Waals surface area contributed by atoms with E-state index in [1.165, 1.54) is 0 Å². The van der Waals surface area contributed by atoms with Crippen molar-refractivity contribution in [3.63, 3.8) is 0 Å². The lowest BCUT2D eigenvalue weighted by atomic mass is 10.2. The molecule has 0 spiro atoms. The number of carboxylic acid groups (broad SMARTS) is 1. The van der Waals surface area contributed by atoms with Crippen molar-refractivity contribution in [2.45, 2.75) is 4.90 Å². The van der Waals surface area contributed by atoms with Gasteiger partial charge in [0, 0.05) is 5.02 Å². The Bertz CT molecular complexity index is 570. The monoisotopic (exact) mass is 296 g/mol. The Morgan fingerprint density at radius 2 is 2.11 bits per heavy atom. The van der Waals surface area contributed by atoms with Crippen LogP contribution in [-0.2, 0) is 9.84 Å². The van der Waals surface area contributed by atoms with Crippen LogP contribution >= 0.6 is 11.6 Å². The molecule has 0 aliphatic heterocycles. The number of carbonyl (C=O) groups is 1. The Labute approximate surface area is 108 Å². The van der Waals surface area contributed by atoms with Crippen molar-refractivity contribution in [3.8, 4) is 5.75 Å². The summed E-state index contributed by atoms with van der Waals surface area (Å²) in [6, 6.07) is 2.11. The molecule has 1 N–H and O–H groups in total. The van der Waals surface area contributed by atoms with Gasteiger partial charge in [0.15, 0.2) is 15.6 Å². The minimum atomic E-state index is -3.98. The van der Waals surface area contributed by atoms with E-state index in [1.54, 1.807) is 0 Å². The second-order valence-corrected chi connectivity index (χ2v) is 5.81. The van der Waals surface area contributed by atoms with E-state index in [0.29, 0.717) is 0 Å². The van der Waals surface area contributed by atoms with Crippen molar-refractivity contribution in [2.75, 3.05) is 19.5 Å². The molecule has 0 aromatic heterocycles. The first-order valence-electron chi connectivity index (χ1n) is 4.73. The highest BCUT2D eigenvalue weighted by atomic mass is 35.5. The smallest absolute Gasteiger partial charge is 0.339 e. The maximum Gasteiger partial charge on any atom is 0.339 e. The topological polar surface area (TPSA) is 80.7 Å². The summed E-state index contributed by atoms with van der Waals surface area (Å²) in [6.45, 7) is -1.08. The SMILES string of the molecule is COc1c(C(=O)O)cc(Cl)cc1S(=O)(=O)CCF. The lowest BCUT2D eigenvalue weighted by molar-refractivity contribution is 0.0693. The number of aromatic carboxylic acids is 1. The van der Waals surface area contributed by atoms with Gasteiger partial charge in [-0.2, -0.15) is 0 Å². The molecule has 100 valence electrons. The average molecular weight is 297 g/mol. The van der Waals surface area contributed by atoms with Crippen LogP contribution in [-0.4, -0.2) is 39.0 Å². The Morgan fingerprint density at radius 3 is 2.56 bits per heavy atom. The molecule has 0 aliphatic rings. The number of hydrogen-bond acceptors (Lipinski definition) is 4. The summed E-state index contributed by atoms with van der Waals surface area (Å²) in [5, 5.41) is 8.86. The Kier molecular flexibility index (Phi) is 4.53. The minimum Gasteiger partial charge on any atom is -0.494 e. The van der Waals surface area contributed by atoms with Crippen molar-refractivity contribution in [2.24, 2.45) is 0 Å². The van der Waals surface area contributed by atoms with Gasteiger partial charge in [-0.25, -0.2) is 17.6 Å². The summed E-state index contributed by atoms with van der Waals surface area (Å²) in [4.78, 5) is 10.5. The third-order valence-electron chi connectivity index (χ3n) is 2.14. The predicted molar refractivity (Wildman–Crippen MR) is 63.0 cm³/mol. The van der Waals surface area contributed by atoms with Crippen LogP contribution in [0.4, 0.5) is 4.39 Å². The van der Waals surface area contributed by atoms with Gasteiger partial charge in [0.25, 0.3) is 0 Å². The number of hydrogen-bond donors (Lipinski definition) is 1. The number of benzene rings is 1. The van der Waals surface area contributed by atoms with Crippen molar-refractivity contribution >= 4 is 27.4 Å². The molecule has 8 heteroatoms. The molecule has 0 amide bonds. The van der Waals surface area contributed by atoms with Gasteiger partial charge in [-0.05, 0) is 12.1 Å². The van der Waals surface area contributed by atoms with E-state index in [1.807, 2.05) is 0 Å². The highest BCUT2D eigenvalue weighted by Crippen LogP contribution is 2.32. The van der Waals surface area contributed by atoms with Gasteiger partial charge in [0.05, 0.1) is 12.9 Å². The molecule has 0 unspecified atom stereocenters. The zero-order valence-corrected chi connectivity index (χ0v) is 10.9. The summed E-state index contributed by atoms with van der Waals surface area (Å²) < 4.78 is 40.5. The van der Waals surface area contributed by atoms with Crippen molar-refractivity contribution in [1.29, 1.82) is 0 Å². The third-order valence-corrected chi connectivity index (χ3v) is 4.02. The van der Waals surface area contributed by atoms with E-state index in [0.717, 1.165) is 19.2 Å². The Morgan fingerprint density at radius 1 is 1.50 bits per heavy atom. The third kappa shape index (κ3) is 2.91. The molecule has 0 heterocycles. The Balaban J connectivity index is 3.58. The number of rotatable bonds is 5. The molecule has 0 saturated heterocycles. The van der Waals surface area contributed by atoms with Crippen LogP contribution < -0.4 is 4.74 Å². The first-order chi connectivity index (χ1) is 8.33. The van der Waals surface area contributed by atoms with Gasteiger partial charge in [0.1, 0.15) is 17.1 Å². The standard InChI is InChI=1S/C10H10ClFO5S/c1-17-9-7(10(13)14)4-6(11)5-8(9)18(15,16)3-2-12/h4-5H,2-3H2,1H3,(H,13,14). The zero-order valence-electron chi connectivity index (χ0n) is 9.31. The Hall–Kier alpha value is -1.34. The van der Waals surface area contributed by atoms with E-state index < -0.39 is 33.1 Å². The summed E-state index contributed by atoms with van der Waals surface area (Å²) in [5.74, 6) is -2.49. The molecule has 0 fully saturated rings. The normalized spacial score (nSPS) is 11.3. The van der Waals surface area contributed by atoms with E-state index in [-0.39, 0.29) is 16.3 Å². The van der Waals surface area contributed by atoms with E-state index in [9.17, 15) is 17.6 Å². The molecule has 5 nitrogen and oxygen atoms in total. The first kappa shape index (κ1) is 14.7. The van der Waals surface area contributed by atoms with Gasteiger partial charge in [-0.3, -0.25) is 0 Å². The van der Waals surface area contributed by atoms with Gasteiger partial charge >= 0.3 is 5.97 Å². The highest BCUT2D eigenvalue weighted by molar-refractivity contribution is 7.91.